The van der Waals surface area contributed by atoms with Crippen molar-refractivity contribution >= 4 is 23.4 Å². The average molecular weight is 271 g/mol. The topological polar surface area (TPSA) is 106 Å². The Bertz CT molecular complexity index is 498. The van der Waals surface area contributed by atoms with E-state index in [0.717, 1.165) is 0 Å². The van der Waals surface area contributed by atoms with Gasteiger partial charge in [-0.3, -0.25) is 4.79 Å². The van der Waals surface area contributed by atoms with Crippen LogP contribution in [0.5, 0.6) is 0 Å². The van der Waals surface area contributed by atoms with Crippen molar-refractivity contribution in [2.45, 2.75) is 12.1 Å². The number of cyclic esters (lactones) is 1. The quantitative estimate of drug-likeness (QED) is 0.622. The Morgan fingerprint density at radius 2 is 2.17 bits per heavy atom. The third-order valence-corrected chi connectivity index (χ3v) is 3.36. The first-order valence-electron chi connectivity index (χ1n) is 5.45. The summed E-state index contributed by atoms with van der Waals surface area (Å²) in [5.74, 6) is 0.338. The van der Waals surface area contributed by atoms with Gasteiger partial charge < -0.3 is 15.8 Å². The number of halogens is 1. The van der Waals surface area contributed by atoms with Crippen molar-refractivity contribution in [3.05, 3.63) is 11.0 Å². The lowest BCUT2D eigenvalue weighted by Gasteiger charge is -2.33. The van der Waals surface area contributed by atoms with Gasteiger partial charge in [-0.15, -0.1) is 10.2 Å². The van der Waals surface area contributed by atoms with Gasteiger partial charge in [0.15, 0.2) is 16.8 Å². The number of nitrogens with zero attached hydrogens (tertiary/aromatic N) is 4. The summed E-state index contributed by atoms with van der Waals surface area (Å²) in [4.78, 5) is 17.5. The lowest BCUT2D eigenvalue weighted by Crippen LogP contribution is -2.52. The Morgan fingerprint density at radius 3 is 2.94 bits per heavy atom. The molecule has 2 unspecified atom stereocenters. The van der Waals surface area contributed by atoms with Crippen LogP contribution >= 0.6 is 11.6 Å². The highest BCUT2D eigenvalue weighted by Gasteiger charge is 2.43. The molecule has 1 aromatic rings. The van der Waals surface area contributed by atoms with E-state index in [-0.39, 0.29) is 35.8 Å². The number of nitrogens with two attached hydrogens (primary N) is 1. The number of nitrogen functional groups attached to an aromatic ring is 1. The molecule has 0 radical (unpaired) electrons. The number of hydrogen-bond donors (Lipinski definition) is 2. The number of aromatic nitrogens is 3. The molecule has 1 aromatic heterocycles. The largest absolute Gasteiger partial charge is 0.448 e. The monoisotopic (exact) mass is 270 g/mol. The number of ether oxygens (including phenoxy) is 1. The number of carbonyl (C=O) groups is 1. The number of fused-ring (bicyclic) bond motifs is 1. The summed E-state index contributed by atoms with van der Waals surface area (Å²) in [5, 5.41) is 10.9. The van der Waals surface area contributed by atoms with Gasteiger partial charge >= 0.3 is 5.97 Å². The molecular weight excluding hydrogens is 260 g/mol. The van der Waals surface area contributed by atoms with E-state index in [1.54, 1.807) is 0 Å². The molecule has 2 atom stereocenters. The molecule has 0 bridgehead atoms. The minimum absolute atomic E-state index is 0.0767. The highest BCUT2D eigenvalue weighted by atomic mass is 35.5. The van der Waals surface area contributed by atoms with Crippen LogP contribution in [-0.4, -0.2) is 51.9 Å². The highest BCUT2D eigenvalue weighted by Crippen LogP contribution is 2.27. The van der Waals surface area contributed by atoms with E-state index in [0.29, 0.717) is 18.9 Å². The normalized spacial score (nSPS) is 27.9. The molecule has 0 aromatic carbocycles. The maximum absolute atomic E-state index is 11.5. The maximum Gasteiger partial charge on any atom is 0.326 e. The van der Waals surface area contributed by atoms with E-state index in [2.05, 4.69) is 20.5 Å². The van der Waals surface area contributed by atoms with Gasteiger partial charge in [0.1, 0.15) is 12.8 Å². The lowest BCUT2D eigenvalue weighted by molar-refractivity contribution is -0.139. The molecule has 2 aliphatic heterocycles. The number of carbonyl (C=O) groups excluding carboxylic acids is 1. The van der Waals surface area contributed by atoms with Gasteiger partial charge in [0.2, 0.25) is 0 Å². The van der Waals surface area contributed by atoms with Crippen molar-refractivity contribution in [2.24, 2.45) is 0 Å². The lowest BCUT2D eigenvalue weighted by atomic mass is 10.1. The number of piperazine rings is 1. The summed E-state index contributed by atoms with van der Waals surface area (Å²) >= 11 is 5.68. The van der Waals surface area contributed by atoms with Gasteiger partial charge in [-0.25, -0.2) is 9.88 Å². The van der Waals surface area contributed by atoms with Crippen LogP contribution in [0.1, 0.15) is 11.9 Å². The third-order valence-electron chi connectivity index (χ3n) is 3.09. The Kier molecular flexibility index (Phi) is 2.77. The molecule has 0 spiro atoms. The van der Waals surface area contributed by atoms with Crippen molar-refractivity contribution in [1.82, 2.24) is 25.4 Å². The highest BCUT2D eigenvalue weighted by molar-refractivity contribution is 6.31. The molecule has 18 heavy (non-hydrogen) atoms. The van der Waals surface area contributed by atoms with E-state index in [1.165, 1.54) is 0 Å². The first-order chi connectivity index (χ1) is 8.66. The second-order valence-corrected chi connectivity index (χ2v) is 4.50. The summed E-state index contributed by atoms with van der Waals surface area (Å²) in [6, 6.07) is -0.494. The maximum atomic E-state index is 11.5. The Morgan fingerprint density at radius 1 is 1.39 bits per heavy atom. The minimum atomic E-state index is -0.302. The SMILES string of the molecule is Nc1nc(C2CNCC3C(=O)OCN32)nnc1Cl. The molecule has 96 valence electrons. The van der Waals surface area contributed by atoms with Crippen LogP contribution in [-0.2, 0) is 9.53 Å². The van der Waals surface area contributed by atoms with Gasteiger partial charge in [-0.2, -0.15) is 0 Å². The molecule has 9 heteroatoms. The zero-order valence-corrected chi connectivity index (χ0v) is 10.1. The second kappa shape index (κ2) is 4.30. The fourth-order valence-corrected chi connectivity index (χ4v) is 2.24. The van der Waals surface area contributed by atoms with E-state index in [4.69, 9.17) is 22.1 Å². The zero-order chi connectivity index (χ0) is 12.7. The Balaban J connectivity index is 1.91. The Labute approximate surface area is 107 Å². The molecule has 2 fully saturated rings. The van der Waals surface area contributed by atoms with Crippen molar-refractivity contribution in [1.29, 1.82) is 0 Å². The summed E-state index contributed by atoms with van der Waals surface area (Å²) < 4.78 is 5.02. The predicted octanol–water partition coefficient (Wildman–Crippen LogP) is -1.06. The number of anilines is 1. The standard InChI is InChI=1S/C9H11ClN6O2/c10-6-7(11)13-8(15-14-6)4-1-12-2-5-9(17)18-3-16(4)5/h4-5,12H,1-3H2,(H2,11,13,15). The van der Waals surface area contributed by atoms with Crippen LogP contribution in [0.2, 0.25) is 5.15 Å². The fourth-order valence-electron chi connectivity index (χ4n) is 2.16. The average Bonchev–Trinajstić information content (AvgIpc) is 2.75. The van der Waals surface area contributed by atoms with Crippen LogP contribution in [0.4, 0.5) is 5.82 Å². The first kappa shape index (κ1) is 11.6. The number of nitrogens with one attached hydrogen (secondary N) is 1. The van der Waals surface area contributed by atoms with Crippen LogP contribution in [0.3, 0.4) is 0 Å². The smallest absolute Gasteiger partial charge is 0.326 e. The molecular formula is C9H11ClN6O2. The molecule has 3 heterocycles. The minimum Gasteiger partial charge on any atom is -0.448 e. The van der Waals surface area contributed by atoms with Crippen molar-refractivity contribution in [2.75, 3.05) is 25.6 Å². The number of rotatable bonds is 1. The molecule has 0 saturated carbocycles. The van der Waals surface area contributed by atoms with Crippen molar-refractivity contribution in [3.63, 3.8) is 0 Å². The van der Waals surface area contributed by atoms with E-state index < -0.39 is 0 Å². The van der Waals surface area contributed by atoms with Crippen LogP contribution in [0.25, 0.3) is 0 Å². The summed E-state index contributed by atoms with van der Waals surface area (Å²) in [6.45, 7) is 1.41. The van der Waals surface area contributed by atoms with Crippen LogP contribution in [0, 0.1) is 0 Å². The Hall–Kier alpha value is -1.51. The number of hydrogen-bond acceptors (Lipinski definition) is 8. The first-order valence-corrected chi connectivity index (χ1v) is 5.83. The van der Waals surface area contributed by atoms with Gasteiger partial charge in [0.05, 0.1) is 6.04 Å². The van der Waals surface area contributed by atoms with Gasteiger partial charge in [-0.1, -0.05) is 11.6 Å². The predicted molar refractivity (Wildman–Crippen MR) is 61.4 cm³/mol. The molecule has 0 aliphatic carbocycles. The third kappa shape index (κ3) is 1.78. The summed E-state index contributed by atoms with van der Waals surface area (Å²) in [5.41, 5.74) is 5.61. The van der Waals surface area contributed by atoms with Crippen LogP contribution in [0.15, 0.2) is 0 Å². The number of esters is 1. The molecule has 0 amide bonds. The molecule has 8 nitrogen and oxygen atoms in total. The summed E-state index contributed by atoms with van der Waals surface area (Å²) in [6.07, 6.45) is 0. The van der Waals surface area contributed by atoms with Crippen LogP contribution < -0.4 is 11.1 Å². The van der Waals surface area contributed by atoms with Crippen molar-refractivity contribution in [3.8, 4) is 0 Å². The van der Waals surface area contributed by atoms with Gasteiger partial charge in [0, 0.05) is 13.1 Å². The molecule has 3 N–H and O–H groups in total. The zero-order valence-electron chi connectivity index (χ0n) is 9.34. The summed E-state index contributed by atoms with van der Waals surface area (Å²) in [7, 11) is 0. The van der Waals surface area contributed by atoms with Crippen molar-refractivity contribution < 1.29 is 9.53 Å². The van der Waals surface area contributed by atoms with Gasteiger partial charge in [0.25, 0.3) is 0 Å². The van der Waals surface area contributed by atoms with E-state index in [9.17, 15) is 4.79 Å². The second-order valence-electron chi connectivity index (χ2n) is 4.14. The van der Waals surface area contributed by atoms with E-state index >= 15 is 0 Å². The van der Waals surface area contributed by atoms with E-state index in [1.807, 2.05) is 4.90 Å². The fraction of sp³-hybridized carbons (Fsp3) is 0.556. The molecule has 2 saturated heterocycles. The van der Waals surface area contributed by atoms with Gasteiger partial charge in [-0.05, 0) is 0 Å². The molecule has 2 aliphatic rings. The molecule has 3 rings (SSSR count).